The molecule has 1 aliphatic heterocycles. The van der Waals surface area contributed by atoms with Crippen LogP contribution in [0.5, 0.6) is 0 Å². The van der Waals surface area contributed by atoms with Gasteiger partial charge in [0.05, 0.1) is 23.6 Å². The van der Waals surface area contributed by atoms with Crippen LogP contribution in [0.3, 0.4) is 0 Å². The van der Waals surface area contributed by atoms with Crippen LogP contribution in [-0.4, -0.2) is 36.7 Å². The number of pyridine rings is 1. The van der Waals surface area contributed by atoms with E-state index in [1.54, 1.807) is 6.07 Å². The number of nitrogens with zero attached hydrogens (tertiary/aromatic N) is 2. The van der Waals surface area contributed by atoms with Crippen LogP contribution in [0, 0.1) is 0 Å². The number of rotatable bonds is 5. The molecular weight excluding hydrogens is 244 g/mol. The number of amides is 1. The fraction of sp³-hybridized carbons (Fsp3) is 0.538. The number of aromatic nitrogens is 1. The van der Waals surface area contributed by atoms with Gasteiger partial charge in [-0.3, -0.25) is 4.79 Å². The second-order valence-corrected chi connectivity index (χ2v) is 4.67. The highest BCUT2D eigenvalue weighted by Gasteiger charge is 2.20. The Morgan fingerprint density at radius 1 is 1.63 bits per heavy atom. The van der Waals surface area contributed by atoms with Gasteiger partial charge in [-0.25, -0.2) is 4.98 Å². The highest BCUT2D eigenvalue weighted by molar-refractivity contribution is 5.98. The first kappa shape index (κ1) is 13.6. The molecule has 1 aromatic rings. The zero-order chi connectivity index (χ0) is 13.8. The van der Waals surface area contributed by atoms with E-state index in [-0.39, 0.29) is 6.10 Å². The standard InChI is InChI=1S/C13H20N4O2/c1-2-17(8-9-4-3-5-19-9)12-6-10(13(15)18)11(14)7-16-12/h6-7,9H,2-5,8,14H2,1H3,(H2,15,18). The molecule has 0 aromatic carbocycles. The van der Waals surface area contributed by atoms with Crippen LogP contribution in [0.2, 0.25) is 0 Å². The molecule has 1 fully saturated rings. The first-order valence-corrected chi connectivity index (χ1v) is 6.53. The van der Waals surface area contributed by atoms with Gasteiger partial charge in [-0.1, -0.05) is 0 Å². The number of anilines is 2. The Morgan fingerprint density at radius 2 is 2.42 bits per heavy atom. The number of ether oxygens (including phenoxy) is 1. The lowest BCUT2D eigenvalue weighted by molar-refractivity contribution is 0.100. The molecule has 1 saturated heterocycles. The summed E-state index contributed by atoms with van der Waals surface area (Å²) in [5.41, 5.74) is 11.6. The summed E-state index contributed by atoms with van der Waals surface area (Å²) in [6.07, 6.45) is 3.88. The molecule has 0 aliphatic carbocycles. The Kier molecular flexibility index (Phi) is 4.21. The third kappa shape index (κ3) is 3.14. The van der Waals surface area contributed by atoms with Gasteiger partial charge in [-0.05, 0) is 25.8 Å². The summed E-state index contributed by atoms with van der Waals surface area (Å²) < 4.78 is 5.62. The van der Waals surface area contributed by atoms with Gasteiger partial charge in [-0.15, -0.1) is 0 Å². The highest BCUT2D eigenvalue weighted by atomic mass is 16.5. The zero-order valence-electron chi connectivity index (χ0n) is 11.1. The fourth-order valence-electron chi connectivity index (χ4n) is 2.26. The molecule has 6 heteroatoms. The van der Waals surface area contributed by atoms with Crippen LogP contribution < -0.4 is 16.4 Å². The van der Waals surface area contributed by atoms with Crippen LogP contribution in [0.1, 0.15) is 30.1 Å². The molecule has 1 unspecified atom stereocenters. The first-order chi connectivity index (χ1) is 9.11. The summed E-state index contributed by atoms with van der Waals surface area (Å²) in [4.78, 5) is 17.6. The minimum atomic E-state index is -0.533. The molecule has 6 nitrogen and oxygen atoms in total. The quantitative estimate of drug-likeness (QED) is 0.819. The van der Waals surface area contributed by atoms with E-state index in [4.69, 9.17) is 16.2 Å². The van der Waals surface area contributed by atoms with Crippen LogP contribution in [-0.2, 0) is 4.74 Å². The Morgan fingerprint density at radius 3 is 3.00 bits per heavy atom. The first-order valence-electron chi connectivity index (χ1n) is 6.53. The smallest absolute Gasteiger partial charge is 0.250 e. The van der Waals surface area contributed by atoms with E-state index in [1.807, 2.05) is 6.92 Å². The van der Waals surface area contributed by atoms with Gasteiger partial charge in [-0.2, -0.15) is 0 Å². The summed E-state index contributed by atoms with van der Waals surface area (Å²) in [5, 5.41) is 0. The van der Waals surface area contributed by atoms with E-state index in [9.17, 15) is 4.79 Å². The molecule has 19 heavy (non-hydrogen) atoms. The monoisotopic (exact) mass is 264 g/mol. The average molecular weight is 264 g/mol. The predicted molar refractivity (Wildman–Crippen MR) is 74.0 cm³/mol. The Bertz CT molecular complexity index is 458. The number of nitrogens with two attached hydrogens (primary N) is 2. The molecule has 2 rings (SSSR count). The maximum Gasteiger partial charge on any atom is 0.250 e. The molecule has 0 radical (unpaired) electrons. The van der Waals surface area contributed by atoms with Crippen molar-refractivity contribution in [3.05, 3.63) is 17.8 Å². The van der Waals surface area contributed by atoms with Gasteiger partial charge in [0.25, 0.3) is 5.91 Å². The van der Waals surface area contributed by atoms with Gasteiger partial charge in [0.2, 0.25) is 0 Å². The number of likely N-dealkylation sites (N-methyl/N-ethyl adjacent to an activating group) is 1. The van der Waals surface area contributed by atoms with Crippen LogP contribution in [0.25, 0.3) is 0 Å². The maximum atomic E-state index is 11.3. The third-order valence-corrected chi connectivity index (χ3v) is 3.34. The van der Waals surface area contributed by atoms with E-state index in [0.29, 0.717) is 17.1 Å². The molecule has 1 amide bonds. The van der Waals surface area contributed by atoms with Crippen LogP contribution in [0.4, 0.5) is 11.5 Å². The molecule has 0 spiro atoms. The Labute approximate surface area is 112 Å². The van der Waals surface area contributed by atoms with E-state index in [1.165, 1.54) is 6.20 Å². The summed E-state index contributed by atoms with van der Waals surface area (Å²) in [5.74, 6) is 0.176. The second-order valence-electron chi connectivity index (χ2n) is 4.67. The molecule has 0 saturated carbocycles. The molecule has 0 bridgehead atoms. The summed E-state index contributed by atoms with van der Waals surface area (Å²) in [6.45, 7) is 4.42. The Hall–Kier alpha value is -1.82. The van der Waals surface area contributed by atoms with Crippen molar-refractivity contribution < 1.29 is 9.53 Å². The van der Waals surface area contributed by atoms with E-state index >= 15 is 0 Å². The largest absolute Gasteiger partial charge is 0.397 e. The number of carbonyl (C=O) groups is 1. The average Bonchev–Trinajstić information content (AvgIpc) is 2.89. The minimum absolute atomic E-state index is 0.233. The van der Waals surface area contributed by atoms with Gasteiger partial charge >= 0.3 is 0 Å². The topological polar surface area (TPSA) is 94.5 Å². The van der Waals surface area contributed by atoms with E-state index < -0.39 is 5.91 Å². The number of nitrogen functional groups attached to an aromatic ring is 1. The third-order valence-electron chi connectivity index (χ3n) is 3.34. The molecule has 4 N–H and O–H groups in total. The van der Waals surface area contributed by atoms with Gasteiger partial charge < -0.3 is 21.1 Å². The molecule has 1 atom stereocenters. The lowest BCUT2D eigenvalue weighted by Gasteiger charge is -2.25. The van der Waals surface area contributed by atoms with E-state index in [0.717, 1.165) is 32.5 Å². The number of primary amides is 1. The number of hydrogen-bond donors (Lipinski definition) is 2. The molecule has 1 aliphatic rings. The van der Waals surface area contributed by atoms with Crippen molar-refractivity contribution in [3.63, 3.8) is 0 Å². The molecule has 104 valence electrons. The van der Waals surface area contributed by atoms with Gasteiger partial charge in [0.15, 0.2) is 0 Å². The van der Waals surface area contributed by atoms with Crippen molar-refractivity contribution in [3.8, 4) is 0 Å². The van der Waals surface area contributed by atoms with Gasteiger partial charge in [0.1, 0.15) is 5.82 Å². The summed E-state index contributed by atoms with van der Waals surface area (Å²) in [7, 11) is 0. The van der Waals surface area contributed by atoms with Crippen LogP contribution in [0.15, 0.2) is 12.3 Å². The normalized spacial score (nSPS) is 18.5. The SMILES string of the molecule is CCN(CC1CCCO1)c1cc(C(N)=O)c(N)cn1. The Balaban J connectivity index is 2.17. The fourth-order valence-corrected chi connectivity index (χ4v) is 2.26. The summed E-state index contributed by atoms with van der Waals surface area (Å²) >= 11 is 0. The maximum absolute atomic E-state index is 11.3. The van der Waals surface area contributed by atoms with Crippen LogP contribution >= 0.6 is 0 Å². The number of hydrogen-bond acceptors (Lipinski definition) is 5. The molecule has 1 aromatic heterocycles. The second kappa shape index (κ2) is 5.88. The lowest BCUT2D eigenvalue weighted by Crippen LogP contribution is -2.33. The van der Waals surface area contributed by atoms with Crippen molar-refractivity contribution in [1.82, 2.24) is 4.98 Å². The highest BCUT2D eigenvalue weighted by Crippen LogP contribution is 2.20. The van der Waals surface area contributed by atoms with E-state index in [2.05, 4.69) is 9.88 Å². The lowest BCUT2D eigenvalue weighted by atomic mass is 10.2. The van der Waals surface area contributed by atoms with Crippen molar-refractivity contribution in [1.29, 1.82) is 0 Å². The summed E-state index contributed by atoms with van der Waals surface area (Å²) in [6, 6.07) is 1.65. The molecule has 2 heterocycles. The van der Waals surface area contributed by atoms with Crippen molar-refractivity contribution in [2.45, 2.75) is 25.9 Å². The molecular formula is C13H20N4O2. The minimum Gasteiger partial charge on any atom is -0.397 e. The predicted octanol–water partition coefficient (Wildman–Crippen LogP) is 0.768. The van der Waals surface area contributed by atoms with Gasteiger partial charge in [0, 0.05) is 19.7 Å². The van der Waals surface area contributed by atoms with Crippen molar-refractivity contribution in [2.75, 3.05) is 30.3 Å². The zero-order valence-corrected chi connectivity index (χ0v) is 11.1. The number of carbonyl (C=O) groups excluding carboxylic acids is 1. The van der Waals surface area contributed by atoms with Crippen molar-refractivity contribution >= 4 is 17.4 Å². The van der Waals surface area contributed by atoms with Crippen molar-refractivity contribution in [2.24, 2.45) is 5.73 Å².